The molecule has 0 spiro atoms. The smallest absolute Gasteiger partial charge is 0.0451 e. The molecule has 0 heterocycles. The van der Waals surface area contributed by atoms with Crippen LogP contribution in [0.15, 0.2) is 18.2 Å². The van der Waals surface area contributed by atoms with Gasteiger partial charge in [-0.25, -0.2) is 0 Å². The molecule has 1 saturated carbocycles. The molecule has 1 aliphatic carbocycles. The van der Waals surface area contributed by atoms with Crippen molar-refractivity contribution < 1.29 is 0 Å². The Morgan fingerprint density at radius 2 is 1.89 bits per heavy atom. The lowest BCUT2D eigenvalue weighted by Gasteiger charge is -2.26. The van der Waals surface area contributed by atoms with Gasteiger partial charge in [-0.3, -0.25) is 0 Å². The van der Waals surface area contributed by atoms with Gasteiger partial charge in [-0.1, -0.05) is 55.8 Å². The largest absolute Gasteiger partial charge is 0.313 e. The molecule has 1 nitrogen and oxygen atoms in total. The topological polar surface area (TPSA) is 12.0 Å². The zero-order chi connectivity index (χ0) is 13.7. The molecular formula is C16H23Cl2N. The third-order valence-corrected chi connectivity index (χ3v) is 4.79. The minimum Gasteiger partial charge on any atom is -0.313 e. The lowest BCUT2D eigenvalue weighted by atomic mass is 9.81. The van der Waals surface area contributed by atoms with E-state index in [-0.39, 0.29) is 0 Å². The summed E-state index contributed by atoms with van der Waals surface area (Å²) < 4.78 is 0. The van der Waals surface area contributed by atoms with Gasteiger partial charge in [0, 0.05) is 16.6 Å². The van der Waals surface area contributed by atoms with Crippen LogP contribution in [0, 0.1) is 11.8 Å². The minimum atomic E-state index is 0.752. The SMILES string of the molecule is CC1CCC(CCNCc2cc(Cl)ccc2Cl)CC1. The van der Waals surface area contributed by atoms with Gasteiger partial charge in [0.05, 0.1) is 0 Å². The fourth-order valence-corrected chi connectivity index (χ4v) is 3.20. The van der Waals surface area contributed by atoms with Gasteiger partial charge in [-0.05, 0) is 48.6 Å². The Balaban J connectivity index is 1.68. The second kappa shape index (κ2) is 7.52. The van der Waals surface area contributed by atoms with Crippen LogP contribution in [0.5, 0.6) is 0 Å². The first-order chi connectivity index (χ1) is 9.15. The summed E-state index contributed by atoms with van der Waals surface area (Å²) in [6, 6.07) is 5.64. The monoisotopic (exact) mass is 299 g/mol. The molecule has 0 radical (unpaired) electrons. The maximum absolute atomic E-state index is 6.14. The Morgan fingerprint density at radius 3 is 2.63 bits per heavy atom. The first kappa shape index (κ1) is 15.2. The molecule has 1 aliphatic rings. The van der Waals surface area contributed by atoms with Crippen LogP contribution in [0.4, 0.5) is 0 Å². The van der Waals surface area contributed by atoms with Gasteiger partial charge in [-0.15, -0.1) is 0 Å². The number of rotatable bonds is 5. The highest BCUT2D eigenvalue weighted by molar-refractivity contribution is 6.33. The number of hydrogen-bond donors (Lipinski definition) is 1. The molecule has 19 heavy (non-hydrogen) atoms. The van der Waals surface area contributed by atoms with Crippen LogP contribution >= 0.6 is 23.2 Å². The van der Waals surface area contributed by atoms with Gasteiger partial charge < -0.3 is 5.32 Å². The average Bonchev–Trinajstić information content (AvgIpc) is 2.40. The summed E-state index contributed by atoms with van der Waals surface area (Å²) in [4.78, 5) is 0. The van der Waals surface area contributed by atoms with Crippen molar-refractivity contribution in [1.82, 2.24) is 5.32 Å². The molecule has 106 valence electrons. The van der Waals surface area contributed by atoms with Crippen molar-refractivity contribution >= 4 is 23.2 Å². The zero-order valence-corrected chi connectivity index (χ0v) is 13.1. The molecule has 3 heteroatoms. The van der Waals surface area contributed by atoms with E-state index in [9.17, 15) is 0 Å². The highest BCUT2D eigenvalue weighted by Gasteiger charge is 2.17. The normalized spacial score (nSPS) is 23.5. The van der Waals surface area contributed by atoms with Crippen LogP contribution in [0.25, 0.3) is 0 Å². The molecule has 1 aromatic carbocycles. The summed E-state index contributed by atoms with van der Waals surface area (Å²) in [5, 5.41) is 5.03. The molecule has 0 bridgehead atoms. The van der Waals surface area contributed by atoms with E-state index < -0.39 is 0 Å². The van der Waals surface area contributed by atoms with E-state index in [0.717, 1.165) is 40.5 Å². The second-order valence-electron chi connectivity index (χ2n) is 5.83. The van der Waals surface area contributed by atoms with Crippen LogP contribution in [0.2, 0.25) is 10.0 Å². The van der Waals surface area contributed by atoms with E-state index >= 15 is 0 Å². The minimum absolute atomic E-state index is 0.752. The zero-order valence-electron chi connectivity index (χ0n) is 11.6. The highest BCUT2D eigenvalue weighted by atomic mass is 35.5. The number of halogens is 2. The first-order valence-corrected chi connectivity index (χ1v) is 8.05. The van der Waals surface area contributed by atoms with Crippen molar-refractivity contribution in [3.63, 3.8) is 0 Å². The molecular weight excluding hydrogens is 277 g/mol. The van der Waals surface area contributed by atoms with Gasteiger partial charge in [0.15, 0.2) is 0 Å². The van der Waals surface area contributed by atoms with Crippen LogP contribution in [0.3, 0.4) is 0 Å². The third kappa shape index (κ3) is 4.98. The predicted molar refractivity (Wildman–Crippen MR) is 83.9 cm³/mol. The highest BCUT2D eigenvalue weighted by Crippen LogP contribution is 2.30. The first-order valence-electron chi connectivity index (χ1n) is 7.30. The fourth-order valence-electron chi connectivity index (χ4n) is 2.83. The predicted octanol–water partition coefficient (Wildman–Crippen LogP) is 5.30. The van der Waals surface area contributed by atoms with Crippen LogP contribution < -0.4 is 5.32 Å². The van der Waals surface area contributed by atoms with Crippen LogP contribution in [-0.4, -0.2) is 6.54 Å². The van der Waals surface area contributed by atoms with E-state index in [1.54, 1.807) is 0 Å². The Labute approximate surface area is 126 Å². The van der Waals surface area contributed by atoms with E-state index in [0.29, 0.717) is 0 Å². The average molecular weight is 300 g/mol. The Morgan fingerprint density at radius 1 is 1.16 bits per heavy atom. The molecule has 1 fully saturated rings. The lowest BCUT2D eigenvalue weighted by Crippen LogP contribution is -2.20. The van der Waals surface area contributed by atoms with Crippen molar-refractivity contribution in [1.29, 1.82) is 0 Å². The van der Waals surface area contributed by atoms with E-state index in [2.05, 4.69) is 12.2 Å². The molecule has 2 rings (SSSR count). The van der Waals surface area contributed by atoms with Crippen molar-refractivity contribution in [2.45, 2.75) is 45.6 Å². The number of nitrogens with one attached hydrogen (secondary N) is 1. The van der Waals surface area contributed by atoms with Crippen LogP contribution in [-0.2, 0) is 6.54 Å². The van der Waals surface area contributed by atoms with E-state index in [1.165, 1.54) is 32.1 Å². The fraction of sp³-hybridized carbons (Fsp3) is 0.625. The molecule has 0 saturated heterocycles. The Bertz CT molecular complexity index is 398. The summed E-state index contributed by atoms with van der Waals surface area (Å²) in [5.74, 6) is 1.85. The molecule has 1 aromatic rings. The Kier molecular flexibility index (Phi) is 6.00. The molecule has 0 aliphatic heterocycles. The third-order valence-electron chi connectivity index (χ3n) is 4.19. The standard InChI is InChI=1S/C16H23Cl2N/c1-12-2-4-13(5-3-12)8-9-19-11-14-10-15(17)6-7-16(14)18/h6-7,10,12-13,19H,2-5,8-9,11H2,1H3. The molecule has 0 amide bonds. The molecule has 0 atom stereocenters. The van der Waals surface area contributed by atoms with E-state index in [4.69, 9.17) is 23.2 Å². The van der Waals surface area contributed by atoms with Gasteiger partial charge in [0.25, 0.3) is 0 Å². The molecule has 1 N–H and O–H groups in total. The Hall–Kier alpha value is -0.240. The number of hydrogen-bond acceptors (Lipinski definition) is 1. The second-order valence-corrected chi connectivity index (χ2v) is 6.67. The summed E-state index contributed by atoms with van der Waals surface area (Å²) in [6.07, 6.45) is 6.90. The van der Waals surface area contributed by atoms with Gasteiger partial charge in [-0.2, -0.15) is 0 Å². The van der Waals surface area contributed by atoms with Crippen molar-refractivity contribution in [2.24, 2.45) is 11.8 Å². The van der Waals surface area contributed by atoms with Gasteiger partial charge >= 0.3 is 0 Å². The molecule has 0 unspecified atom stereocenters. The van der Waals surface area contributed by atoms with Crippen molar-refractivity contribution in [3.05, 3.63) is 33.8 Å². The summed E-state index contributed by atoms with van der Waals surface area (Å²) >= 11 is 12.1. The van der Waals surface area contributed by atoms with Gasteiger partial charge in [0.1, 0.15) is 0 Å². The van der Waals surface area contributed by atoms with Crippen molar-refractivity contribution in [2.75, 3.05) is 6.54 Å². The van der Waals surface area contributed by atoms with Crippen LogP contribution in [0.1, 0.15) is 44.6 Å². The summed E-state index contributed by atoms with van der Waals surface area (Å²) in [6.45, 7) is 4.25. The van der Waals surface area contributed by atoms with Crippen molar-refractivity contribution in [3.8, 4) is 0 Å². The maximum Gasteiger partial charge on any atom is 0.0451 e. The lowest BCUT2D eigenvalue weighted by molar-refractivity contribution is 0.275. The number of benzene rings is 1. The quantitative estimate of drug-likeness (QED) is 0.728. The summed E-state index contributed by atoms with van der Waals surface area (Å²) in [7, 11) is 0. The summed E-state index contributed by atoms with van der Waals surface area (Å²) in [5.41, 5.74) is 1.09. The van der Waals surface area contributed by atoms with E-state index in [1.807, 2.05) is 18.2 Å². The van der Waals surface area contributed by atoms with Gasteiger partial charge in [0.2, 0.25) is 0 Å². The molecule has 0 aromatic heterocycles. The maximum atomic E-state index is 6.14.